The first-order valence-electron chi connectivity index (χ1n) is 10.1. The minimum Gasteiger partial charge on any atom is -0.326 e. The fourth-order valence-corrected chi connectivity index (χ4v) is 3.57. The van der Waals surface area contributed by atoms with Crippen molar-refractivity contribution in [2.24, 2.45) is 0 Å². The number of hydrogen-bond donors (Lipinski definition) is 0. The van der Waals surface area contributed by atoms with E-state index >= 15 is 0 Å². The molecular weight excluding hydrogens is 366 g/mol. The van der Waals surface area contributed by atoms with E-state index in [1.54, 1.807) is 0 Å². The molecule has 30 heavy (non-hydrogen) atoms. The highest BCUT2D eigenvalue weighted by atomic mass is 15.0. The molecule has 0 aliphatic heterocycles. The molecule has 1 heterocycles. The third-order valence-electron chi connectivity index (χ3n) is 5.13. The maximum absolute atomic E-state index is 9.15. The normalized spacial score (nSPS) is 11.2. The van der Waals surface area contributed by atoms with E-state index < -0.39 is 0 Å². The van der Waals surface area contributed by atoms with Crippen LogP contribution >= 0.6 is 0 Å². The number of benzene rings is 3. The molecule has 3 heteroatoms. The van der Waals surface area contributed by atoms with Crippen LogP contribution in [-0.2, 0) is 13.0 Å². The van der Waals surface area contributed by atoms with Gasteiger partial charge in [-0.15, -0.1) is 0 Å². The van der Waals surface area contributed by atoms with Gasteiger partial charge >= 0.3 is 0 Å². The van der Waals surface area contributed by atoms with Gasteiger partial charge in [-0.05, 0) is 41.7 Å². The first-order chi connectivity index (χ1) is 14.8. The second-order valence-corrected chi connectivity index (χ2v) is 7.22. The Hall–Kier alpha value is -3.90. The van der Waals surface area contributed by atoms with E-state index in [2.05, 4.69) is 70.2 Å². The molecule has 4 rings (SSSR count). The van der Waals surface area contributed by atoms with E-state index in [-0.39, 0.29) is 0 Å². The van der Waals surface area contributed by atoms with Gasteiger partial charge in [-0.1, -0.05) is 78.9 Å². The van der Waals surface area contributed by atoms with Gasteiger partial charge in [0.25, 0.3) is 0 Å². The fourth-order valence-electron chi connectivity index (χ4n) is 3.57. The number of hydrogen-bond acceptors (Lipinski definition) is 2. The largest absolute Gasteiger partial charge is 0.326 e. The lowest BCUT2D eigenvalue weighted by Gasteiger charge is -2.13. The molecule has 0 aliphatic carbocycles. The summed E-state index contributed by atoms with van der Waals surface area (Å²) in [5, 5.41) is 9.15. The monoisotopic (exact) mass is 389 g/mol. The first kappa shape index (κ1) is 19.4. The van der Waals surface area contributed by atoms with Gasteiger partial charge in [-0.25, -0.2) is 4.98 Å². The van der Waals surface area contributed by atoms with Crippen LogP contribution in [0, 0.1) is 11.3 Å². The molecule has 3 aromatic carbocycles. The van der Waals surface area contributed by atoms with E-state index in [1.807, 2.05) is 48.9 Å². The third kappa shape index (κ3) is 4.74. The standard InChI is InChI=1S/C27H23N3/c28-18-23-14-16-25(17-15-23)26(13-7-12-22-8-3-1-4-9-22)27-19-29-21-30(27)20-24-10-5-2-6-11-24/h1-6,8-11,13-17,19,21H,7,12,20H2/b26-13+. The summed E-state index contributed by atoms with van der Waals surface area (Å²) in [6.45, 7) is 0.766. The predicted molar refractivity (Wildman–Crippen MR) is 121 cm³/mol. The van der Waals surface area contributed by atoms with Crippen LogP contribution < -0.4 is 0 Å². The Bertz CT molecular complexity index is 1150. The van der Waals surface area contributed by atoms with Gasteiger partial charge < -0.3 is 4.57 Å². The van der Waals surface area contributed by atoms with Crippen molar-refractivity contribution in [1.29, 1.82) is 5.26 Å². The Morgan fingerprint density at radius 3 is 2.20 bits per heavy atom. The quantitative estimate of drug-likeness (QED) is 0.397. The van der Waals surface area contributed by atoms with Crippen LogP contribution in [0.5, 0.6) is 0 Å². The average molecular weight is 390 g/mol. The summed E-state index contributed by atoms with van der Waals surface area (Å²) in [6, 6.07) is 30.9. The Labute approximate surface area is 177 Å². The van der Waals surface area contributed by atoms with Gasteiger partial charge in [0, 0.05) is 12.1 Å². The van der Waals surface area contributed by atoms with Gasteiger partial charge in [0.05, 0.1) is 29.9 Å². The molecule has 0 amide bonds. The van der Waals surface area contributed by atoms with E-state index in [1.165, 1.54) is 11.1 Å². The second kappa shape index (κ2) is 9.54. The second-order valence-electron chi connectivity index (χ2n) is 7.22. The number of allylic oxidation sites excluding steroid dienone is 1. The van der Waals surface area contributed by atoms with E-state index in [4.69, 9.17) is 5.26 Å². The summed E-state index contributed by atoms with van der Waals surface area (Å²) in [6.07, 6.45) is 8.00. The highest BCUT2D eigenvalue weighted by molar-refractivity contribution is 5.78. The molecule has 1 aromatic heterocycles. The molecule has 0 fully saturated rings. The Morgan fingerprint density at radius 1 is 0.867 bits per heavy atom. The maximum atomic E-state index is 9.15. The maximum Gasteiger partial charge on any atom is 0.0991 e. The van der Waals surface area contributed by atoms with Crippen molar-refractivity contribution in [2.45, 2.75) is 19.4 Å². The number of aromatic nitrogens is 2. The summed E-state index contributed by atoms with van der Waals surface area (Å²) in [4.78, 5) is 4.43. The van der Waals surface area contributed by atoms with Crippen molar-refractivity contribution in [3.63, 3.8) is 0 Å². The molecule has 0 atom stereocenters. The van der Waals surface area contributed by atoms with E-state index in [9.17, 15) is 0 Å². The summed E-state index contributed by atoms with van der Waals surface area (Å²) < 4.78 is 2.18. The Balaban J connectivity index is 1.66. The Kier molecular flexibility index (Phi) is 6.17. The fraction of sp³-hybridized carbons (Fsp3) is 0.111. The lowest BCUT2D eigenvalue weighted by Crippen LogP contribution is -2.04. The van der Waals surface area contributed by atoms with Crippen molar-refractivity contribution < 1.29 is 0 Å². The minimum absolute atomic E-state index is 0.667. The number of imidazole rings is 1. The number of nitrogens with zero attached hydrogens (tertiary/aromatic N) is 3. The van der Waals surface area contributed by atoms with E-state index in [0.29, 0.717) is 5.56 Å². The molecule has 0 radical (unpaired) electrons. The van der Waals surface area contributed by atoms with Gasteiger partial charge in [-0.3, -0.25) is 0 Å². The number of aryl methyl sites for hydroxylation is 1. The summed E-state index contributed by atoms with van der Waals surface area (Å²) in [7, 11) is 0. The zero-order valence-corrected chi connectivity index (χ0v) is 16.8. The molecule has 4 aromatic rings. The van der Waals surface area contributed by atoms with Crippen LogP contribution in [0.2, 0.25) is 0 Å². The Morgan fingerprint density at radius 2 is 1.53 bits per heavy atom. The van der Waals surface area contributed by atoms with Crippen LogP contribution in [0.4, 0.5) is 0 Å². The lowest BCUT2D eigenvalue weighted by atomic mass is 9.99. The van der Waals surface area contributed by atoms with Crippen LogP contribution in [0.15, 0.2) is 104 Å². The summed E-state index contributed by atoms with van der Waals surface area (Å²) in [5.41, 5.74) is 6.54. The van der Waals surface area contributed by atoms with Gasteiger partial charge in [0.2, 0.25) is 0 Å². The predicted octanol–water partition coefficient (Wildman–Crippen LogP) is 5.87. The number of rotatable bonds is 7. The molecule has 0 N–H and O–H groups in total. The lowest BCUT2D eigenvalue weighted by molar-refractivity contribution is 0.786. The van der Waals surface area contributed by atoms with Crippen LogP contribution in [0.1, 0.15) is 34.4 Å². The smallest absolute Gasteiger partial charge is 0.0991 e. The molecule has 0 bridgehead atoms. The molecule has 0 spiro atoms. The van der Waals surface area contributed by atoms with Gasteiger partial charge in [-0.2, -0.15) is 5.26 Å². The minimum atomic E-state index is 0.667. The zero-order valence-electron chi connectivity index (χ0n) is 16.8. The SMILES string of the molecule is N#Cc1ccc(/C(=C\CCc2ccccc2)c2cncn2Cc2ccccc2)cc1. The van der Waals surface area contributed by atoms with Crippen LogP contribution in [-0.4, -0.2) is 9.55 Å². The van der Waals surface area contributed by atoms with Crippen molar-refractivity contribution in [2.75, 3.05) is 0 Å². The average Bonchev–Trinajstić information content (AvgIpc) is 3.26. The van der Waals surface area contributed by atoms with Gasteiger partial charge in [0.15, 0.2) is 0 Å². The van der Waals surface area contributed by atoms with Crippen molar-refractivity contribution in [3.8, 4) is 6.07 Å². The molecular formula is C27H23N3. The van der Waals surface area contributed by atoms with Crippen LogP contribution in [0.25, 0.3) is 5.57 Å². The number of nitriles is 1. The molecule has 3 nitrogen and oxygen atoms in total. The first-order valence-corrected chi connectivity index (χ1v) is 10.1. The molecule has 0 saturated heterocycles. The molecule has 0 unspecified atom stereocenters. The summed E-state index contributed by atoms with van der Waals surface area (Å²) in [5.74, 6) is 0. The van der Waals surface area contributed by atoms with Gasteiger partial charge in [0.1, 0.15) is 0 Å². The highest BCUT2D eigenvalue weighted by Gasteiger charge is 2.11. The molecule has 0 saturated carbocycles. The molecule has 146 valence electrons. The van der Waals surface area contributed by atoms with Crippen molar-refractivity contribution in [3.05, 3.63) is 131 Å². The zero-order chi connectivity index (χ0) is 20.6. The third-order valence-corrected chi connectivity index (χ3v) is 5.13. The highest BCUT2D eigenvalue weighted by Crippen LogP contribution is 2.25. The topological polar surface area (TPSA) is 41.6 Å². The summed E-state index contributed by atoms with van der Waals surface area (Å²) >= 11 is 0. The van der Waals surface area contributed by atoms with Crippen molar-refractivity contribution in [1.82, 2.24) is 9.55 Å². The van der Waals surface area contributed by atoms with Crippen molar-refractivity contribution >= 4 is 5.57 Å². The van der Waals surface area contributed by atoms with E-state index in [0.717, 1.165) is 36.2 Å². The molecule has 0 aliphatic rings. The van der Waals surface area contributed by atoms with Crippen LogP contribution in [0.3, 0.4) is 0 Å².